The van der Waals surface area contributed by atoms with Gasteiger partial charge in [-0.3, -0.25) is 0 Å². The molecule has 0 saturated heterocycles. The number of halogens is 1. The third-order valence-electron chi connectivity index (χ3n) is 2.33. The SMILES string of the molecule is C=Cc1cccc(-c2ccccc2)c1F. The molecule has 15 heavy (non-hydrogen) atoms. The van der Waals surface area contributed by atoms with Gasteiger partial charge in [0, 0.05) is 11.1 Å². The van der Waals surface area contributed by atoms with Crippen molar-refractivity contribution in [2.75, 3.05) is 0 Å². The van der Waals surface area contributed by atoms with Crippen LogP contribution in [0.2, 0.25) is 0 Å². The highest BCUT2D eigenvalue weighted by molar-refractivity contribution is 5.68. The Morgan fingerprint density at radius 1 is 0.933 bits per heavy atom. The van der Waals surface area contributed by atoms with Crippen molar-refractivity contribution in [2.45, 2.75) is 0 Å². The van der Waals surface area contributed by atoms with Crippen LogP contribution in [0, 0.1) is 5.82 Å². The Balaban J connectivity index is 2.59. The molecule has 1 heteroatoms. The Kier molecular flexibility index (Phi) is 2.64. The molecule has 0 nitrogen and oxygen atoms in total. The predicted octanol–water partition coefficient (Wildman–Crippen LogP) is 4.14. The average Bonchev–Trinajstić information content (AvgIpc) is 2.30. The van der Waals surface area contributed by atoms with Gasteiger partial charge in [-0.25, -0.2) is 4.39 Å². The zero-order chi connectivity index (χ0) is 10.7. The molecule has 74 valence electrons. The summed E-state index contributed by atoms with van der Waals surface area (Å²) in [5.74, 6) is -0.210. The van der Waals surface area contributed by atoms with Gasteiger partial charge in [-0.15, -0.1) is 0 Å². The first-order chi connectivity index (χ1) is 7.33. The lowest BCUT2D eigenvalue weighted by Crippen LogP contribution is -1.87. The first-order valence-electron chi connectivity index (χ1n) is 4.79. The Hall–Kier alpha value is -1.89. The van der Waals surface area contributed by atoms with E-state index in [0.717, 1.165) is 5.56 Å². The summed E-state index contributed by atoms with van der Waals surface area (Å²) in [6.07, 6.45) is 1.53. The second kappa shape index (κ2) is 4.09. The number of benzene rings is 2. The van der Waals surface area contributed by atoms with E-state index in [1.165, 1.54) is 6.08 Å². The summed E-state index contributed by atoms with van der Waals surface area (Å²) < 4.78 is 13.9. The van der Waals surface area contributed by atoms with Crippen molar-refractivity contribution in [1.82, 2.24) is 0 Å². The van der Waals surface area contributed by atoms with Crippen molar-refractivity contribution in [3.05, 3.63) is 66.5 Å². The topological polar surface area (TPSA) is 0 Å². The molecule has 2 rings (SSSR count). The molecule has 2 aromatic carbocycles. The maximum Gasteiger partial charge on any atom is 0.138 e. The fourth-order valence-electron chi connectivity index (χ4n) is 1.55. The van der Waals surface area contributed by atoms with Crippen LogP contribution >= 0.6 is 0 Å². The van der Waals surface area contributed by atoms with Crippen molar-refractivity contribution in [1.29, 1.82) is 0 Å². The van der Waals surface area contributed by atoms with Crippen LogP contribution < -0.4 is 0 Å². The zero-order valence-corrected chi connectivity index (χ0v) is 8.28. The zero-order valence-electron chi connectivity index (χ0n) is 8.28. The van der Waals surface area contributed by atoms with Crippen LogP contribution in [-0.2, 0) is 0 Å². The van der Waals surface area contributed by atoms with E-state index in [0.29, 0.717) is 11.1 Å². The molecule has 0 N–H and O–H groups in total. The maximum absolute atomic E-state index is 13.9. The molecule has 0 fully saturated rings. The second-order valence-electron chi connectivity index (χ2n) is 3.28. The van der Waals surface area contributed by atoms with Crippen molar-refractivity contribution >= 4 is 6.08 Å². The van der Waals surface area contributed by atoms with E-state index in [2.05, 4.69) is 6.58 Å². The second-order valence-corrected chi connectivity index (χ2v) is 3.28. The van der Waals surface area contributed by atoms with Gasteiger partial charge in [0.15, 0.2) is 0 Å². The summed E-state index contributed by atoms with van der Waals surface area (Å²) in [5.41, 5.74) is 2.04. The minimum absolute atomic E-state index is 0.210. The highest BCUT2D eigenvalue weighted by Crippen LogP contribution is 2.24. The van der Waals surface area contributed by atoms with Crippen LogP contribution in [0.4, 0.5) is 4.39 Å². The normalized spacial score (nSPS) is 9.93. The highest BCUT2D eigenvalue weighted by Gasteiger charge is 2.06. The van der Waals surface area contributed by atoms with Gasteiger partial charge in [-0.2, -0.15) is 0 Å². The standard InChI is InChI=1S/C14H11F/c1-2-11-9-6-10-13(14(11)15)12-7-4-3-5-8-12/h2-10H,1H2. The molecule has 0 heterocycles. The van der Waals surface area contributed by atoms with Crippen molar-refractivity contribution in [3.8, 4) is 11.1 Å². The Morgan fingerprint density at radius 3 is 2.33 bits per heavy atom. The van der Waals surface area contributed by atoms with Crippen molar-refractivity contribution < 1.29 is 4.39 Å². The molecule has 0 atom stereocenters. The van der Waals surface area contributed by atoms with Gasteiger partial charge in [0.05, 0.1) is 0 Å². The first kappa shape index (κ1) is 9.66. The van der Waals surface area contributed by atoms with E-state index in [1.807, 2.05) is 36.4 Å². The smallest absolute Gasteiger partial charge is 0.138 e. The quantitative estimate of drug-likeness (QED) is 0.680. The summed E-state index contributed by atoms with van der Waals surface area (Å²) in [4.78, 5) is 0. The van der Waals surface area contributed by atoms with E-state index >= 15 is 0 Å². The molecule has 0 aromatic heterocycles. The molecule has 0 amide bonds. The molecule has 0 saturated carbocycles. The lowest BCUT2D eigenvalue weighted by Gasteiger charge is -2.05. The summed E-state index contributed by atoms with van der Waals surface area (Å²) >= 11 is 0. The fraction of sp³-hybridized carbons (Fsp3) is 0. The van der Waals surface area contributed by atoms with E-state index < -0.39 is 0 Å². The predicted molar refractivity (Wildman–Crippen MR) is 61.9 cm³/mol. The van der Waals surface area contributed by atoms with E-state index in [1.54, 1.807) is 12.1 Å². The molecule has 0 bridgehead atoms. The molecule has 0 aliphatic rings. The van der Waals surface area contributed by atoms with Crippen LogP contribution in [0.25, 0.3) is 17.2 Å². The maximum atomic E-state index is 13.9. The summed E-state index contributed by atoms with van der Waals surface area (Å²) in [7, 11) is 0. The largest absolute Gasteiger partial charge is 0.206 e. The summed E-state index contributed by atoms with van der Waals surface area (Å²) in [6, 6.07) is 14.8. The summed E-state index contributed by atoms with van der Waals surface area (Å²) in [5, 5.41) is 0. The van der Waals surface area contributed by atoms with Gasteiger partial charge >= 0.3 is 0 Å². The molecule has 0 aliphatic heterocycles. The number of hydrogen-bond acceptors (Lipinski definition) is 0. The van der Waals surface area contributed by atoms with Crippen LogP contribution in [-0.4, -0.2) is 0 Å². The fourth-order valence-corrected chi connectivity index (χ4v) is 1.55. The van der Waals surface area contributed by atoms with E-state index in [9.17, 15) is 4.39 Å². The van der Waals surface area contributed by atoms with Gasteiger partial charge in [0.25, 0.3) is 0 Å². The van der Waals surface area contributed by atoms with Crippen LogP contribution in [0.5, 0.6) is 0 Å². The van der Waals surface area contributed by atoms with Crippen LogP contribution in [0.3, 0.4) is 0 Å². The Labute approximate surface area is 88.7 Å². The number of hydrogen-bond donors (Lipinski definition) is 0. The Bertz CT molecular complexity index is 472. The third-order valence-corrected chi connectivity index (χ3v) is 2.33. The first-order valence-corrected chi connectivity index (χ1v) is 4.79. The minimum Gasteiger partial charge on any atom is -0.206 e. The average molecular weight is 198 g/mol. The van der Waals surface area contributed by atoms with Gasteiger partial charge in [0.1, 0.15) is 5.82 Å². The van der Waals surface area contributed by atoms with Gasteiger partial charge in [0.2, 0.25) is 0 Å². The van der Waals surface area contributed by atoms with Crippen molar-refractivity contribution in [3.63, 3.8) is 0 Å². The van der Waals surface area contributed by atoms with Gasteiger partial charge in [-0.05, 0) is 5.56 Å². The lowest BCUT2D eigenvalue weighted by atomic mass is 10.0. The highest BCUT2D eigenvalue weighted by atomic mass is 19.1. The molecular formula is C14H11F. The van der Waals surface area contributed by atoms with Gasteiger partial charge in [-0.1, -0.05) is 61.2 Å². The van der Waals surface area contributed by atoms with E-state index in [-0.39, 0.29) is 5.82 Å². The molecular weight excluding hydrogens is 187 g/mol. The lowest BCUT2D eigenvalue weighted by molar-refractivity contribution is 0.628. The van der Waals surface area contributed by atoms with E-state index in [4.69, 9.17) is 0 Å². The molecule has 0 radical (unpaired) electrons. The third kappa shape index (κ3) is 1.82. The minimum atomic E-state index is -0.210. The molecule has 0 unspecified atom stereocenters. The van der Waals surface area contributed by atoms with Gasteiger partial charge < -0.3 is 0 Å². The molecule has 0 aliphatic carbocycles. The monoisotopic (exact) mass is 198 g/mol. The van der Waals surface area contributed by atoms with Crippen LogP contribution in [0.1, 0.15) is 5.56 Å². The van der Waals surface area contributed by atoms with Crippen LogP contribution in [0.15, 0.2) is 55.1 Å². The van der Waals surface area contributed by atoms with Crippen molar-refractivity contribution in [2.24, 2.45) is 0 Å². The Morgan fingerprint density at radius 2 is 1.67 bits per heavy atom. The molecule has 0 spiro atoms. The number of rotatable bonds is 2. The molecule has 2 aromatic rings. The summed E-state index contributed by atoms with van der Waals surface area (Å²) in [6.45, 7) is 3.59.